The van der Waals surface area contributed by atoms with Gasteiger partial charge in [0.1, 0.15) is 0 Å². The highest BCUT2D eigenvalue weighted by Crippen LogP contribution is 2.21. The number of unbranched alkanes of at least 4 members (excludes halogenated alkanes) is 1. The molecule has 0 radical (unpaired) electrons. The van der Waals surface area contributed by atoms with E-state index >= 15 is 0 Å². The van der Waals surface area contributed by atoms with Crippen LogP contribution in [0.1, 0.15) is 38.7 Å². The lowest BCUT2D eigenvalue weighted by Gasteiger charge is -2.15. The first-order valence-electron chi connectivity index (χ1n) is 6.15. The predicted octanol–water partition coefficient (Wildman–Crippen LogP) is 3.61. The summed E-state index contributed by atoms with van der Waals surface area (Å²) in [6, 6.07) is 5.25. The minimum atomic E-state index is -3.42. The second kappa shape index (κ2) is 6.68. The molecule has 0 saturated carbocycles. The Hall–Kier alpha value is -0.390. The van der Waals surface area contributed by atoms with Crippen LogP contribution in [0.25, 0.3) is 0 Å². The molecule has 0 fully saturated rings. The summed E-state index contributed by atoms with van der Waals surface area (Å²) in [5, 5.41) is 0. The lowest BCUT2D eigenvalue weighted by Crippen LogP contribution is -2.32. The Balaban J connectivity index is 2.89. The second-order valence-corrected chi connectivity index (χ2v) is 7.17. The van der Waals surface area contributed by atoms with Crippen molar-refractivity contribution in [2.24, 2.45) is 0 Å². The lowest BCUT2D eigenvalue weighted by molar-refractivity contribution is 0.534. The van der Waals surface area contributed by atoms with Gasteiger partial charge >= 0.3 is 0 Å². The zero-order valence-electron chi connectivity index (χ0n) is 11.0. The maximum absolute atomic E-state index is 12.2. The summed E-state index contributed by atoms with van der Waals surface area (Å²) in [6.07, 6.45) is 2.96. The van der Waals surface area contributed by atoms with Gasteiger partial charge in [0, 0.05) is 10.5 Å². The molecule has 1 atom stereocenters. The highest BCUT2D eigenvalue weighted by Gasteiger charge is 2.19. The fraction of sp³-hybridized carbons (Fsp3) is 0.538. The molecule has 0 spiro atoms. The smallest absolute Gasteiger partial charge is 0.208 e. The average Bonchev–Trinajstić information content (AvgIpc) is 2.29. The van der Waals surface area contributed by atoms with Gasteiger partial charge in [-0.25, -0.2) is 13.1 Å². The van der Waals surface area contributed by atoms with Gasteiger partial charge < -0.3 is 0 Å². The Morgan fingerprint density at radius 1 is 1.39 bits per heavy atom. The zero-order valence-corrected chi connectivity index (χ0v) is 13.4. The van der Waals surface area contributed by atoms with Gasteiger partial charge in [0.15, 0.2) is 0 Å². The Kier molecular flexibility index (Phi) is 5.82. The van der Waals surface area contributed by atoms with Gasteiger partial charge in [0.25, 0.3) is 0 Å². The van der Waals surface area contributed by atoms with Crippen LogP contribution in [0.5, 0.6) is 0 Å². The number of rotatable bonds is 6. The molecule has 0 aromatic heterocycles. The third-order valence-corrected chi connectivity index (χ3v) is 5.01. The highest BCUT2D eigenvalue weighted by atomic mass is 79.9. The van der Waals surface area contributed by atoms with Gasteiger partial charge in [-0.15, -0.1) is 0 Å². The molecule has 0 aliphatic heterocycles. The quantitative estimate of drug-likeness (QED) is 0.864. The van der Waals surface area contributed by atoms with Crippen LogP contribution in [-0.2, 0) is 10.0 Å². The zero-order chi connectivity index (χ0) is 13.8. The van der Waals surface area contributed by atoms with E-state index in [4.69, 9.17) is 0 Å². The number of benzene rings is 1. The third-order valence-electron chi connectivity index (χ3n) is 2.79. The van der Waals surface area contributed by atoms with Crippen molar-refractivity contribution in [2.45, 2.75) is 51.0 Å². The summed E-state index contributed by atoms with van der Waals surface area (Å²) in [6.45, 7) is 5.80. The van der Waals surface area contributed by atoms with Crippen molar-refractivity contribution >= 4 is 26.0 Å². The monoisotopic (exact) mass is 333 g/mol. The van der Waals surface area contributed by atoms with E-state index in [2.05, 4.69) is 27.6 Å². The van der Waals surface area contributed by atoms with Gasteiger partial charge in [-0.2, -0.15) is 0 Å². The molecule has 0 amide bonds. The molecule has 0 aliphatic carbocycles. The topological polar surface area (TPSA) is 46.2 Å². The number of halogens is 1. The van der Waals surface area contributed by atoms with E-state index < -0.39 is 10.0 Å². The van der Waals surface area contributed by atoms with E-state index in [1.165, 1.54) is 0 Å². The van der Waals surface area contributed by atoms with Crippen LogP contribution in [0.2, 0.25) is 0 Å². The summed E-state index contributed by atoms with van der Waals surface area (Å²) in [5.74, 6) is 0. The highest BCUT2D eigenvalue weighted by molar-refractivity contribution is 9.10. The SMILES string of the molecule is CCCCC(C)NS(=O)(=O)c1cc(Br)ccc1C. The molecule has 18 heavy (non-hydrogen) atoms. The van der Waals surface area contributed by atoms with Crippen LogP contribution < -0.4 is 4.72 Å². The van der Waals surface area contributed by atoms with Gasteiger partial charge in [-0.1, -0.05) is 41.8 Å². The van der Waals surface area contributed by atoms with Crippen LogP contribution in [0.15, 0.2) is 27.6 Å². The first-order chi connectivity index (χ1) is 8.36. The second-order valence-electron chi connectivity index (χ2n) is 4.57. The van der Waals surface area contributed by atoms with E-state index in [0.717, 1.165) is 29.3 Å². The fourth-order valence-corrected chi connectivity index (χ4v) is 3.82. The fourth-order valence-electron chi connectivity index (χ4n) is 1.76. The molecule has 1 aromatic rings. The number of nitrogens with one attached hydrogen (secondary N) is 1. The van der Waals surface area contributed by atoms with Crippen molar-refractivity contribution in [3.63, 3.8) is 0 Å². The van der Waals surface area contributed by atoms with Crippen LogP contribution in [0.3, 0.4) is 0 Å². The van der Waals surface area contributed by atoms with Crippen LogP contribution in [0.4, 0.5) is 0 Å². The molecule has 1 rings (SSSR count). The number of aryl methyl sites for hydroxylation is 1. The minimum Gasteiger partial charge on any atom is -0.208 e. The van der Waals surface area contributed by atoms with Crippen molar-refractivity contribution < 1.29 is 8.42 Å². The van der Waals surface area contributed by atoms with Crippen molar-refractivity contribution in [1.29, 1.82) is 0 Å². The third kappa shape index (κ3) is 4.37. The molecule has 1 unspecified atom stereocenters. The Morgan fingerprint density at radius 2 is 2.06 bits per heavy atom. The molecular formula is C13H20BrNO2S. The normalized spacial score (nSPS) is 13.6. The molecule has 0 aliphatic rings. The standard InChI is InChI=1S/C13H20BrNO2S/c1-4-5-6-11(3)15-18(16,17)13-9-12(14)8-7-10(13)2/h7-9,11,15H,4-6H2,1-3H3. The van der Waals surface area contributed by atoms with Crippen LogP contribution >= 0.6 is 15.9 Å². The van der Waals surface area contributed by atoms with Gasteiger partial charge in [-0.3, -0.25) is 0 Å². The summed E-state index contributed by atoms with van der Waals surface area (Å²) >= 11 is 3.30. The maximum atomic E-state index is 12.2. The molecule has 102 valence electrons. The summed E-state index contributed by atoms with van der Waals surface area (Å²) < 4.78 is 28.0. The molecule has 1 aromatic carbocycles. The molecular weight excluding hydrogens is 314 g/mol. The van der Waals surface area contributed by atoms with E-state index in [1.807, 2.05) is 13.0 Å². The molecule has 0 saturated heterocycles. The molecule has 0 bridgehead atoms. The molecule has 0 heterocycles. The van der Waals surface area contributed by atoms with Gasteiger partial charge in [0.2, 0.25) is 10.0 Å². The molecule has 3 nitrogen and oxygen atoms in total. The van der Waals surface area contributed by atoms with Crippen molar-refractivity contribution in [1.82, 2.24) is 4.72 Å². The van der Waals surface area contributed by atoms with Gasteiger partial charge in [-0.05, 0) is 38.0 Å². The molecule has 1 N–H and O–H groups in total. The Morgan fingerprint density at radius 3 is 2.67 bits per heavy atom. The van der Waals surface area contributed by atoms with Crippen molar-refractivity contribution in [3.05, 3.63) is 28.2 Å². The number of hydrogen-bond donors (Lipinski definition) is 1. The summed E-state index contributed by atoms with van der Waals surface area (Å²) in [7, 11) is -3.42. The Bertz CT molecular complexity index is 500. The first kappa shape index (κ1) is 15.7. The first-order valence-corrected chi connectivity index (χ1v) is 8.43. The largest absolute Gasteiger partial charge is 0.241 e. The number of hydrogen-bond acceptors (Lipinski definition) is 2. The lowest BCUT2D eigenvalue weighted by atomic mass is 10.2. The minimum absolute atomic E-state index is 0.0340. The van der Waals surface area contributed by atoms with Crippen molar-refractivity contribution in [2.75, 3.05) is 0 Å². The van der Waals surface area contributed by atoms with E-state index in [9.17, 15) is 8.42 Å². The average molecular weight is 334 g/mol. The van der Waals surface area contributed by atoms with Crippen LogP contribution in [0, 0.1) is 6.92 Å². The van der Waals surface area contributed by atoms with Gasteiger partial charge in [0.05, 0.1) is 4.90 Å². The summed E-state index contributed by atoms with van der Waals surface area (Å²) in [5.41, 5.74) is 0.758. The Labute approximate surface area is 118 Å². The van der Waals surface area contributed by atoms with E-state index in [0.29, 0.717) is 4.90 Å². The maximum Gasteiger partial charge on any atom is 0.241 e. The van der Waals surface area contributed by atoms with E-state index in [-0.39, 0.29) is 6.04 Å². The predicted molar refractivity (Wildman–Crippen MR) is 78.2 cm³/mol. The van der Waals surface area contributed by atoms with E-state index in [1.54, 1.807) is 19.1 Å². The molecule has 5 heteroatoms. The van der Waals surface area contributed by atoms with Crippen LogP contribution in [-0.4, -0.2) is 14.5 Å². The number of sulfonamides is 1. The van der Waals surface area contributed by atoms with Crippen molar-refractivity contribution in [3.8, 4) is 0 Å². The summed E-state index contributed by atoms with van der Waals surface area (Å²) in [4.78, 5) is 0.347.